The van der Waals surface area contributed by atoms with Crippen LogP contribution in [-0.4, -0.2) is 114 Å². The third-order valence-electron chi connectivity index (χ3n) is 11.4. The molecule has 9 atom stereocenters. The van der Waals surface area contributed by atoms with Crippen LogP contribution in [0.25, 0.3) is 0 Å². The first-order valence-corrected chi connectivity index (χ1v) is 28.2. The lowest BCUT2D eigenvalue weighted by Crippen LogP contribution is -2.64. The molecule has 396 valence electrons. The second-order valence-corrected chi connectivity index (χ2v) is 20.4. The van der Waals surface area contributed by atoms with Gasteiger partial charge in [0.1, 0.15) is 43.2 Å². The molecular formula is C49H88O17P2. The summed E-state index contributed by atoms with van der Waals surface area (Å²) in [6.45, 7) is 2.63. The first kappa shape index (κ1) is 63.9. The van der Waals surface area contributed by atoms with Crippen molar-refractivity contribution < 1.29 is 82.0 Å². The molecule has 17 nitrogen and oxygen atoms in total. The summed E-state index contributed by atoms with van der Waals surface area (Å²) in [5, 5.41) is 50.6. The van der Waals surface area contributed by atoms with Gasteiger partial charge in [-0.05, 0) is 64.7 Å². The first-order chi connectivity index (χ1) is 32.5. The Morgan fingerprint density at radius 3 is 1.43 bits per heavy atom. The van der Waals surface area contributed by atoms with Gasteiger partial charge >= 0.3 is 27.6 Å². The van der Waals surface area contributed by atoms with Crippen molar-refractivity contribution in [2.24, 2.45) is 0 Å². The Balaban J connectivity index is 2.59. The van der Waals surface area contributed by atoms with E-state index in [1.54, 1.807) is 6.92 Å². The molecule has 5 unspecified atom stereocenters. The van der Waals surface area contributed by atoms with Crippen molar-refractivity contribution in [2.45, 2.75) is 236 Å². The summed E-state index contributed by atoms with van der Waals surface area (Å²) < 4.78 is 49.4. The lowest BCUT2D eigenvalue weighted by molar-refractivity contribution is -0.216. The highest BCUT2D eigenvalue weighted by molar-refractivity contribution is 7.47. The molecular weight excluding hydrogens is 922 g/mol. The average molecular weight is 1010 g/mol. The third kappa shape index (κ3) is 34.3. The first-order valence-electron chi connectivity index (χ1n) is 25.2. The molecule has 0 aliphatic heterocycles. The molecule has 0 heterocycles. The van der Waals surface area contributed by atoms with Crippen molar-refractivity contribution in [3.05, 3.63) is 48.6 Å². The van der Waals surface area contributed by atoms with E-state index in [0.29, 0.717) is 19.3 Å². The number of carbonyl (C=O) groups is 2. The third-order valence-corrected chi connectivity index (χ3v) is 12.9. The summed E-state index contributed by atoms with van der Waals surface area (Å²) in [5.41, 5.74) is 0. The number of carbonyl (C=O) groups excluding carboxylic acids is 2. The van der Waals surface area contributed by atoms with Crippen molar-refractivity contribution in [3.8, 4) is 0 Å². The minimum Gasteiger partial charge on any atom is -0.462 e. The van der Waals surface area contributed by atoms with Crippen molar-refractivity contribution in [1.82, 2.24) is 0 Å². The molecule has 1 aliphatic carbocycles. The minimum absolute atomic E-state index is 0.0284. The van der Waals surface area contributed by atoms with Crippen molar-refractivity contribution in [3.63, 3.8) is 0 Å². The van der Waals surface area contributed by atoms with Gasteiger partial charge < -0.3 is 49.7 Å². The van der Waals surface area contributed by atoms with Crippen LogP contribution in [0.2, 0.25) is 0 Å². The van der Waals surface area contributed by atoms with E-state index < -0.39 is 83.5 Å². The van der Waals surface area contributed by atoms with Gasteiger partial charge in [0.25, 0.3) is 0 Å². The van der Waals surface area contributed by atoms with Gasteiger partial charge in [0.15, 0.2) is 6.10 Å². The largest absolute Gasteiger partial charge is 0.472 e. The van der Waals surface area contributed by atoms with Crippen LogP contribution in [0.1, 0.15) is 187 Å². The number of unbranched alkanes of at least 4 members (excludes halogenated alkanes) is 18. The zero-order valence-corrected chi connectivity index (χ0v) is 42.7. The lowest BCUT2D eigenvalue weighted by Gasteiger charge is -2.43. The molecule has 0 spiro atoms. The molecule has 19 heteroatoms. The van der Waals surface area contributed by atoms with Gasteiger partial charge in [-0.1, -0.05) is 158 Å². The van der Waals surface area contributed by atoms with Crippen LogP contribution in [0, 0.1) is 0 Å². The molecule has 0 aromatic carbocycles. The van der Waals surface area contributed by atoms with Crippen molar-refractivity contribution in [1.29, 1.82) is 0 Å². The van der Waals surface area contributed by atoms with E-state index in [1.165, 1.54) is 77.0 Å². The average Bonchev–Trinajstić information content (AvgIpc) is 3.28. The zero-order valence-electron chi connectivity index (χ0n) is 40.9. The Morgan fingerprint density at radius 1 is 0.529 bits per heavy atom. The maximum atomic E-state index is 13.0. The molecule has 1 saturated carbocycles. The van der Waals surface area contributed by atoms with Crippen LogP contribution in [0.5, 0.6) is 0 Å². The van der Waals surface area contributed by atoms with Gasteiger partial charge in [0, 0.05) is 12.8 Å². The quantitative estimate of drug-likeness (QED) is 0.0123. The Morgan fingerprint density at radius 2 is 0.956 bits per heavy atom. The number of esters is 2. The van der Waals surface area contributed by atoms with Gasteiger partial charge in [0.2, 0.25) is 0 Å². The summed E-state index contributed by atoms with van der Waals surface area (Å²) in [4.78, 5) is 54.3. The Bertz CT molecular complexity index is 1520. The number of ether oxygens (including phenoxy) is 2. The van der Waals surface area contributed by atoms with Gasteiger partial charge in [-0.25, -0.2) is 9.13 Å². The number of allylic oxidation sites excluding steroid dienone is 8. The van der Waals surface area contributed by atoms with Gasteiger partial charge in [0.05, 0.1) is 12.7 Å². The fraction of sp³-hybridized carbons (Fsp3) is 0.796. The second-order valence-electron chi connectivity index (χ2n) is 17.8. The van der Waals surface area contributed by atoms with Crippen molar-refractivity contribution >= 4 is 27.6 Å². The fourth-order valence-corrected chi connectivity index (χ4v) is 9.05. The minimum atomic E-state index is -5.37. The number of aliphatic hydroxyl groups is 5. The SMILES string of the molecule is CCCCCCCCCCCCCCCCCCCC(=O)O[C@H](COC(=O)CCC/C=C\C/C=C\C/C=C\C/C=C\CCC[C@@H](C)O)COP(=O)(O)O[C@H]1C(O)C(O)C(O)[C@@H](OP(=O)(O)O)C1O. The van der Waals surface area contributed by atoms with E-state index >= 15 is 0 Å². The van der Waals surface area contributed by atoms with E-state index in [1.807, 2.05) is 18.2 Å². The van der Waals surface area contributed by atoms with E-state index in [0.717, 1.165) is 64.2 Å². The predicted molar refractivity (Wildman–Crippen MR) is 261 cm³/mol. The second kappa shape index (κ2) is 39.5. The van der Waals surface area contributed by atoms with Crippen LogP contribution in [0.15, 0.2) is 48.6 Å². The van der Waals surface area contributed by atoms with Crippen LogP contribution in [-0.2, 0) is 41.8 Å². The van der Waals surface area contributed by atoms with Gasteiger partial charge in [-0.3, -0.25) is 23.2 Å². The van der Waals surface area contributed by atoms with E-state index in [2.05, 4.69) is 41.8 Å². The summed E-state index contributed by atoms with van der Waals surface area (Å²) >= 11 is 0. The topological polar surface area (TPSA) is 276 Å². The highest BCUT2D eigenvalue weighted by atomic mass is 31.2. The van der Waals surface area contributed by atoms with Crippen LogP contribution < -0.4 is 0 Å². The monoisotopic (exact) mass is 1010 g/mol. The van der Waals surface area contributed by atoms with Crippen molar-refractivity contribution in [2.75, 3.05) is 13.2 Å². The Kier molecular flexibility index (Phi) is 37.2. The number of hydrogen-bond acceptors (Lipinski definition) is 14. The zero-order chi connectivity index (χ0) is 50.5. The highest BCUT2D eigenvalue weighted by Crippen LogP contribution is 2.49. The summed E-state index contributed by atoms with van der Waals surface area (Å²) in [7, 11) is -10.7. The van der Waals surface area contributed by atoms with Crippen LogP contribution in [0.4, 0.5) is 0 Å². The van der Waals surface area contributed by atoms with E-state index in [4.69, 9.17) is 18.5 Å². The van der Waals surface area contributed by atoms with Gasteiger partial charge in [-0.2, -0.15) is 0 Å². The molecule has 68 heavy (non-hydrogen) atoms. The number of phosphoric acid groups is 2. The number of rotatable bonds is 42. The van der Waals surface area contributed by atoms with Crippen LogP contribution >= 0.6 is 15.6 Å². The molecule has 0 saturated heterocycles. The predicted octanol–water partition coefficient (Wildman–Crippen LogP) is 9.04. The lowest BCUT2D eigenvalue weighted by atomic mass is 9.85. The number of hydrogen-bond donors (Lipinski definition) is 8. The van der Waals surface area contributed by atoms with E-state index in [9.17, 15) is 58.9 Å². The molecule has 1 fully saturated rings. The molecule has 0 radical (unpaired) electrons. The van der Waals surface area contributed by atoms with Crippen LogP contribution in [0.3, 0.4) is 0 Å². The summed E-state index contributed by atoms with van der Waals surface area (Å²) in [6.07, 6.45) is 27.7. The fourth-order valence-electron chi connectivity index (χ4n) is 7.51. The molecule has 0 aromatic heterocycles. The number of aliphatic hydroxyl groups excluding tert-OH is 5. The molecule has 0 amide bonds. The smallest absolute Gasteiger partial charge is 0.462 e. The highest BCUT2D eigenvalue weighted by Gasteiger charge is 2.54. The molecule has 8 N–H and O–H groups in total. The standard InChI is InChI=1S/C49H88O17P2/c1-3-4-5-6-7-8-9-10-11-12-15-19-22-25-28-31-34-37-43(52)64-41(39-63-68(60,61)66-49-46(55)44(53)45(54)48(47(49)56)65-67(57,58)59)38-62-42(51)36-33-30-27-24-21-18-16-13-14-17-20-23-26-29-32-35-40(2)50/h14,16-18,23-24,26-27,40-41,44-50,53-56H,3-13,15,19-22,25,28-39H2,1-2H3,(H,60,61)(H2,57,58,59)/b17-14-,18-16-,26-23-,27-24-/t40-,41-,44?,45?,46?,47?,48-,49+/m1/s1. The number of phosphoric ester groups is 2. The van der Waals surface area contributed by atoms with E-state index in [-0.39, 0.29) is 18.9 Å². The maximum Gasteiger partial charge on any atom is 0.472 e. The molecule has 1 aliphatic rings. The summed E-state index contributed by atoms with van der Waals surface area (Å²) in [6, 6.07) is 0. The Labute approximate surface area is 406 Å². The molecule has 0 aromatic rings. The maximum absolute atomic E-state index is 13.0. The summed E-state index contributed by atoms with van der Waals surface area (Å²) in [5.74, 6) is -1.28. The van der Waals surface area contributed by atoms with Gasteiger partial charge in [-0.15, -0.1) is 0 Å². The normalized spacial score (nSPS) is 22.1. The molecule has 1 rings (SSSR count). The Hall–Kier alpha value is -2.08. The molecule has 0 bridgehead atoms.